The van der Waals surface area contributed by atoms with E-state index in [-0.39, 0.29) is 5.69 Å². The van der Waals surface area contributed by atoms with E-state index in [4.69, 9.17) is 5.73 Å². The lowest BCUT2D eigenvalue weighted by Crippen LogP contribution is -2.24. The van der Waals surface area contributed by atoms with Gasteiger partial charge in [-0.3, -0.25) is 14.7 Å². The molecular formula is C8H6N4O2. The Kier molecular flexibility index (Phi) is 1.74. The van der Waals surface area contributed by atoms with Crippen LogP contribution in [0.4, 0.5) is 0 Å². The minimum Gasteiger partial charge on any atom is -0.364 e. The molecule has 14 heavy (non-hydrogen) atoms. The van der Waals surface area contributed by atoms with Gasteiger partial charge in [0.25, 0.3) is 5.91 Å². The summed E-state index contributed by atoms with van der Waals surface area (Å²) in [6, 6.07) is 3.15. The van der Waals surface area contributed by atoms with Crippen LogP contribution in [0.25, 0.3) is 11.0 Å². The molecule has 0 unspecified atom stereocenters. The number of nitrogens with two attached hydrogens (primary N) is 1. The summed E-state index contributed by atoms with van der Waals surface area (Å²) in [5.74, 6) is -0.850. The summed E-state index contributed by atoms with van der Waals surface area (Å²) in [4.78, 5) is 26.2. The summed E-state index contributed by atoms with van der Waals surface area (Å²) >= 11 is 0. The summed E-state index contributed by atoms with van der Waals surface area (Å²) in [6.45, 7) is 0. The average Bonchev–Trinajstić information content (AvgIpc) is 2.18. The molecule has 0 aliphatic carbocycles. The third kappa shape index (κ3) is 1.13. The smallest absolute Gasteiger partial charge is 0.273 e. The van der Waals surface area contributed by atoms with E-state index in [0.29, 0.717) is 11.0 Å². The largest absolute Gasteiger partial charge is 0.364 e. The van der Waals surface area contributed by atoms with Crippen molar-refractivity contribution in [2.75, 3.05) is 0 Å². The third-order valence-electron chi connectivity index (χ3n) is 1.77. The zero-order valence-corrected chi connectivity index (χ0v) is 7.02. The summed E-state index contributed by atoms with van der Waals surface area (Å²) in [5, 5.41) is 6.31. The number of amides is 1. The molecule has 2 rings (SSSR count). The number of carbonyl (C=O) groups is 1. The number of nitrogens with one attached hydrogen (secondary N) is 1. The maximum absolute atomic E-state index is 11.5. The van der Waals surface area contributed by atoms with Gasteiger partial charge in [0.05, 0.1) is 5.39 Å². The molecule has 6 heteroatoms. The first kappa shape index (κ1) is 8.36. The number of nitrogens with zero attached hydrogens (tertiary/aromatic N) is 2. The molecule has 2 aromatic rings. The van der Waals surface area contributed by atoms with Gasteiger partial charge in [-0.25, -0.2) is 4.98 Å². The number of H-pyrrole nitrogens is 1. The number of rotatable bonds is 1. The van der Waals surface area contributed by atoms with E-state index >= 15 is 0 Å². The van der Waals surface area contributed by atoms with Gasteiger partial charge >= 0.3 is 0 Å². The van der Waals surface area contributed by atoms with E-state index in [2.05, 4.69) is 15.2 Å². The standard InChI is InChI=1S/C8H6N4O2/c9-7(14)5-6(13)4-2-1-3-10-8(4)12-11-5/h1-3H,(H2,9,14)(H,10,12,13). The van der Waals surface area contributed by atoms with Gasteiger partial charge in [0.15, 0.2) is 11.3 Å². The molecule has 70 valence electrons. The number of hydrogen-bond acceptors (Lipinski definition) is 4. The Balaban J connectivity index is 2.89. The molecule has 0 bridgehead atoms. The molecule has 2 aromatic heterocycles. The fourth-order valence-electron chi connectivity index (χ4n) is 1.13. The third-order valence-corrected chi connectivity index (χ3v) is 1.77. The minimum atomic E-state index is -0.850. The molecule has 0 aliphatic heterocycles. The molecule has 0 aliphatic rings. The van der Waals surface area contributed by atoms with Crippen molar-refractivity contribution in [1.29, 1.82) is 0 Å². The molecule has 0 fully saturated rings. The predicted molar refractivity (Wildman–Crippen MR) is 48.7 cm³/mol. The number of aromatic amines is 1. The zero-order valence-electron chi connectivity index (χ0n) is 7.02. The van der Waals surface area contributed by atoms with E-state index in [1.54, 1.807) is 12.1 Å². The highest BCUT2D eigenvalue weighted by molar-refractivity contribution is 5.93. The second-order valence-corrected chi connectivity index (χ2v) is 2.67. The Hall–Kier alpha value is -2.24. The molecule has 6 nitrogen and oxygen atoms in total. The van der Waals surface area contributed by atoms with Crippen molar-refractivity contribution in [3.05, 3.63) is 34.2 Å². The number of aromatic nitrogens is 3. The monoisotopic (exact) mass is 190 g/mol. The summed E-state index contributed by atoms with van der Waals surface area (Å²) in [6.07, 6.45) is 1.52. The van der Waals surface area contributed by atoms with Crippen molar-refractivity contribution in [1.82, 2.24) is 15.2 Å². The summed E-state index contributed by atoms with van der Waals surface area (Å²) in [5.41, 5.74) is 4.50. The van der Waals surface area contributed by atoms with Gasteiger partial charge in [-0.2, -0.15) is 5.10 Å². The highest BCUT2D eigenvalue weighted by Crippen LogP contribution is 2.00. The van der Waals surface area contributed by atoms with Gasteiger partial charge in [0.2, 0.25) is 5.43 Å². The molecule has 0 aromatic carbocycles. The lowest BCUT2D eigenvalue weighted by Gasteiger charge is -1.96. The van der Waals surface area contributed by atoms with Gasteiger partial charge in [0.1, 0.15) is 0 Å². The minimum absolute atomic E-state index is 0.300. The van der Waals surface area contributed by atoms with Crippen LogP contribution in [0.15, 0.2) is 23.1 Å². The quantitative estimate of drug-likeness (QED) is 0.627. The van der Waals surface area contributed by atoms with Crippen LogP contribution < -0.4 is 11.2 Å². The van der Waals surface area contributed by atoms with E-state index in [1.807, 2.05) is 0 Å². The van der Waals surface area contributed by atoms with Crippen LogP contribution >= 0.6 is 0 Å². The topological polar surface area (TPSA) is 102 Å². The van der Waals surface area contributed by atoms with Crippen molar-refractivity contribution in [3.8, 4) is 0 Å². The Morgan fingerprint density at radius 2 is 2.29 bits per heavy atom. The van der Waals surface area contributed by atoms with Crippen LogP contribution in [0.3, 0.4) is 0 Å². The summed E-state index contributed by atoms with van der Waals surface area (Å²) in [7, 11) is 0. The van der Waals surface area contributed by atoms with Crippen molar-refractivity contribution in [2.45, 2.75) is 0 Å². The number of pyridine rings is 1. The fraction of sp³-hybridized carbons (Fsp3) is 0. The van der Waals surface area contributed by atoms with E-state index < -0.39 is 11.3 Å². The predicted octanol–water partition coefficient (Wildman–Crippen LogP) is -0.583. The highest BCUT2D eigenvalue weighted by atomic mass is 16.2. The lowest BCUT2D eigenvalue weighted by atomic mass is 10.2. The maximum atomic E-state index is 11.5. The first-order valence-corrected chi connectivity index (χ1v) is 3.83. The SMILES string of the molecule is NC(=O)c1n[nH]c2ncccc2c1=O. The van der Waals surface area contributed by atoms with Crippen LogP contribution in [0.1, 0.15) is 10.5 Å². The van der Waals surface area contributed by atoms with E-state index in [9.17, 15) is 9.59 Å². The Labute approximate surface area is 77.8 Å². The molecule has 0 radical (unpaired) electrons. The second-order valence-electron chi connectivity index (χ2n) is 2.67. The maximum Gasteiger partial charge on any atom is 0.273 e. The zero-order chi connectivity index (χ0) is 10.1. The van der Waals surface area contributed by atoms with Crippen LogP contribution in [0.5, 0.6) is 0 Å². The number of fused-ring (bicyclic) bond motifs is 1. The molecule has 0 saturated heterocycles. The van der Waals surface area contributed by atoms with Crippen molar-refractivity contribution >= 4 is 16.9 Å². The fourth-order valence-corrected chi connectivity index (χ4v) is 1.13. The number of hydrogen-bond donors (Lipinski definition) is 2. The molecule has 2 heterocycles. The van der Waals surface area contributed by atoms with Crippen molar-refractivity contribution in [3.63, 3.8) is 0 Å². The lowest BCUT2D eigenvalue weighted by molar-refractivity contribution is 0.0994. The van der Waals surface area contributed by atoms with Crippen LogP contribution in [0.2, 0.25) is 0 Å². The second kappa shape index (κ2) is 2.91. The van der Waals surface area contributed by atoms with E-state index in [1.165, 1.54) is 6.20 Å². The van der Waals surface area contributed by atoms with Gasteiger partial charge < -0.3 is 5.73 Å². The molecule has 3 N–H and O–H groups in total. The Morgan fingerprint density at radius 3 is 3.00 bits per heavy atom. The summed E-state index contributed by atoms with van der Waals surface area (Å²) < 4.78 is 0. The van der Waals surface area contributed by atoms with Crippen LogP contribution in [0, 0.1) is 0 Å². The van der Waals surface area contributed by atoms with Gasteiger partial charge in [-0.15, -0.1) is 0 Å². The van der Waals surface area contributed by atoms with Crippen LogP contribution in [-0.4, -0.2) is 21.1 Å². The van der Waals surface area contributed by atoms with Gasteiger partial charge in [-0.1, -0.05) is 0 Å². The Morgan fingerprint density at radius 1 is 1.50 bits per heavy atom. The van der Waals surface area contributed by atoms with Gasteiger partial charge in [0, 0.05) is 6.20 Å². The number of primary amides is 1. The number of carbonyl (C=O) groups excluding carboxylic acids is 1. The molecular weight excluding hydrogens is 184 g/mol. The van der Waals surface area contributed by atoms with Crippen molar-refractivity contribution in [2.24, 2.45) is 5.73 Å². The molecule has 0 atom stereocenters. The Bertz CT molecular complexity index is 561. The molecule has 0 saturated carbocycles. The van der Waals surface area contributed by atoms with Crippen molar-refractivity contribution < 1.29 is 4.79 Å². The van der Waals surface area contributed by atoms with Gasteiger partial charge in [-0.05, 0) is 12.1 Å². The average molecular weight is 190 g/mol. The normalized spacial score (nSPS) is 10.3. The first-order chi connectivity index (χ1) is 6.70. The van der Waals surface area contributed by atoms with Crippen LogP contribution in [-0.2, 0) is 0 Å². The highest BCUT2D eigenvalue weighted by Gasteiger charge is 2.11. The first-order valence-electron chi connectivity index (χ1n) is 3.83. The van der Waals surface area contributed by atoms with E-state index in [0.717, 1.165) is 0 Å². The molecule has 0 spiro atoms. The molecule has 1 amide bonds.